The van der Waals surface area contributed by atoms with Crippen LogP contribution in [0.1, 0.15) is 49.0 Å². The SMILES string of the molecule is CCCCN(CC)CCCNC(=O)c1ccc2c(c1)NC(=O)C(=Cc1cccc(OC)c1)S2. The van der Waals surface area contributed by atoms with Crippen LogP contribution in [0.3, 0.4) is 0 Å². The number of hydrogen-bond acceptors (Lipinski definition) is 5. The van der Waals surface area contributed by atoms with Crippen LogP contribution in [0.5, 0.6) is 5.75 Å². The lowest BCUT2D eigenvalue weighted by atomic mass is 10.1. The van der Waals surface area contributed by atoms with Crippen molar-refractivity contribution in [2.24, 2.45) is 0 Å². The van der Waals surface area contributed by atoms with Crippen molar-refractivity contribution < 1.29 is 14.3 Å². The lowest BCUT2D eigenvalue weighted by Gasteiger charge is -2.20. The number of carbonyl (C=O) groups excluding carboxylic acids is 2. The molecule has 0 saturated carbocycles. The van der Waals surface area contributed by atoms with E-state index in [2.05, 4.69) is 29.4 Å². The van der Waals surface area contributed by atoms with E-state index in [9.17, 15) is 9.59 Å². The third-order valence-corrected chi connectivity index (χ3v) is 6.64. The molecule has 0 fully saturated rings. The lowest BCUT2D eigenvalue weighted by molar-refractivity contribution is -0.112. The molecule has 0 saturated heterocycles. The van der Waals surface area contributed by atoms with Gasteiger partial charge in [-0.2, -0.15) is 0 Å². The number of fused-ring (bicyclic) bond motifs is 1. The van der Waals surface area contributed by atoms with Crippen LogP contribution in [0.25, 0.3) is 6.08 Å². The molecule has 6 nitrogen and oxygen atoms in total. The Morgan fingerprint density at radius 2 is 1.97 bits per heavy atom. The highest BCUT2D eigenvalue weighted by Crippen LogP contribution is 2.39. The predicted molar refractivity (Wildman–Crippen MR) is 136 cm³/mol. The van der Waals surface area contributed by atoms with Crippen molar-refractivity contribution in [2.45, 2.75) is 38.0 Å². The van der Waals surface area contributed by atoms with Gasteiger partial charge < -0.3 is 20.3 Å². The van der Waals surface area contributed by atoms with Crippen molar-refractivity contribution >= 4 is 35.3 Å². The van der Waals surface area contributed by atoms with Crippen molar-refractivity contribution in [1.82, 2.24) is 10.2 Å². The Kier molecular flexibility index (Phi) is 9.39. The zero-order valence-corrected chi connectivity index (χ0v) is 20.5. The summed E-state index contributed by atoms with van der Waals surface area (Å²) in [5.41, 5.74) is 2.10. The first kappa shape index (κ1) is 24.9. The highest BCUT2D eigenvalue weighted by atomic mass is 32.2. The van der Waals surface area contributed by atoms with Crippen LogP contribution < -0.4 is 15.4 Å². The number of nitrogens with one attached hydrogen (secondary N) is 2. The van der Waals surface area contributed by atoms with Gasteiger partial charge in [0.25, 0.3) is 11.8 Å². The van der Waals surface area contributed by atoms with E-state index < -0.39 is 0 Å². The fraction of sp³-hybridized carbons (Fsp3) is 0.385. The third kappa shape index (κ3) is 7.11. The molecule has 176 valence electrons. The van der Waals surface area contributed by atoms with E-state index in [1.54, 1.807) is 19.2 Å². The molecule has 2 aromatic carbocycles. The van der Waals surface area contributed by atoms with Crippen LogP contribution in [0.15, 0.2) is 52.3 Å². The highest BCUT2D eigenvalue weighted by Gasteiger charge is 2.22. The Bertz CT molecular complexity index is 1010. The van der Waals surface area contributed by atoms with Crippen LogP contribution in [0, 0.1) is 0 Å². The van der Waals surface area contributed by atoms with E-state index in [4.69, 9.17) is 4.74 Å². The molecular weight excluding hydrogens is 434 g/mol. The minimum Gasteiger partial charge on any atom is -0.497 e. The zero-order chi connectivity index (χ0) is 23.6. The van der Waals surface area contributed by atoms with Crippen molar-refractivity contribution in [3.8, 4) is 5.75 Å². The number of rotatable bonds is 11. The van der Waals surface area contributed by atoms with Crippen molar-refractivity contribution in [2.75, 3.05) is 38.6 Å². The molecule has 0 aromatic heterocycles. The van der Waals surface area contributed by atoms with Crippen LogP contribution in [-0.2, 0) is 4.79 Å². The quantitative estimate of drug-likeness (QED) is 0.359. The van der Waals surface area contributed by atoms with Crippen LogP contribution in [-0.4, -0.2) is 50.0 Å². The fourth-order valence-corrected chi connectivity index (χ4v) is 4.53. The van der Waals surface area contributed by atoms with Gasteiger partial charge in [0.2, 0.25) is 0 Å². The molecule has 1 aliphatic rings. The summed E-state index contributed by atoms with van der Waals surface area (Å²) in [5.74, 6) is 0.441. The number of ether oxygens (including phenoxy) is 1. The number of carbonyl (C=O) groups is 2. The van der Waals surface area contributed by atoms with Gasteiger partial charge in [-0.3, -0.25) is 9.59 Å². The predicted octanol–water partition coefficient (Wildman–Crippen LogP) is 5.02. The summed E-state index contributed by atoms with van der Waals surface area (Å²) in [4.78, 5) is 29.2. The van der Waals surface area contributed by atoms with Gasteiger partial charge in [0, 0.05) is 17.0 Å². The topological polar surface area (TPSA) is 70.7 Å². The largest absolute Gasteiger partial charge is 0.497 e. The summed E-state index contributed by atoms with van der Waals surface area (Å²) in [6, 6.07) is 13.0. The lowest BCUT2D eigenvalue weighted by Crippen LogP contribution is -2.30. The zero-order valence-electron chi connectivity index (χ0n) is 19.6. The Labute approximate surface area is 200 Å². The van der Waals surface area contributed by atoms with Gasteiger partial charge in [-0.05, 0) is 74.4 Å². The van der Waals surface area contributed by atoms with E-state index in [0.717, 1.165) is 42.3 Å². The maximum Gasteiger partial charge on any atom is 0.262 e. The van der Waals surface area contributed by atoms with Crippen molar-refractivity contribution in [1.29, 1.82) is 0 Å². The molecule has 0 spiro atoms. The first-order chi connectivity index (χ1) is 16.0. The summed E-state index contributed by atoms with van der Waals surface area (Å²) >= 11 is 1.40. The molecule has 0 radical (unpaired) electrons. The number of amides is 2. The molecule has 0 bridgehead atoms. The molecule has 1 aliphatic heterocycles. The van der Waals surface area contributed by atoms with Gasteiger partial charge in [0.05, 0.1) is 17.7 Å². The Morgan fingerprint density at radius 1 is 1.15 bits per heavy atom. The molecule has 2 aromatic rings. The van der Waals surface area contributed by atoms with Crippen LogP contribution in [0.4, 0.5) is 5.69 Å². The molecule has 0 aliphatic carbocycles. The Hall–Kier alpha value is -2.77. The minimum atomic E-state index is -0.181. The molecule has 7 heteroatoms. The van der Waals surface area contributed by atoms with Gasteiger partial charge in [0.1, 0.15) is 5.75 Å². The number of benzene rings is 2. The van der Waals surface area contributed by atoms with Gasteiger partial charge in [-0.15, -0.1) is 0 Å². The van der Waals surface area contributed by atoms with E-state index in [1.165, 1.54) is 24.6 Å². The van der Waals surface area contributed by atoms with E-state index >= 15 is 0 Å². The highest BCUT2D eigenvalue weighted by molar-refractivity contribution is 8.04. The van der Waals surface area contributed by atoms with Gasteiger partial charge in [0.15, 0.2) is 0 Å². The van der Waals surface area contributed by atoms with Crippen LogP contribution >= 0.6 is 11.8 Å². The van der Waals surface area contributed by atoms with Gasteiger partial charge >= 0.3 is 0 Å². The summed E-state index contributed by atoms with van der Waals surface area (Å²) < 4.78 is 5.25. The van der Waals surface area contributed by atoms with Crippen molar-refractivity contribution in [3.63, 3.8) is 0 Å². The van der Waals surface area contributed by atoms with Gasteiger partial charge in [-0.1, -0.05) is 44.2 Å². The Morgan fingerprint density at radius 3 is 2.73 bits per heavy atom. The smallest absolute Gasteiger partial charge is 0.262 e. The van der Waals surface area contributed by atoms with E-state index in [-0.39, 0.29) is 11.8 Å². The number of methoxy groups -OCH3 is 1. The minimum absolute atomic E-state index is 0.119. The monoisotopic (exact) mass is 467 g/mol. The number of hydrogen-bond donors (Lipinski definition) is 2. The average Bonchev–Trinajstić information content (AvgIpc) is 2.83. The summed E-state index contributed by atoms with van der Waals surface area (Å²) in [7, 11) is 1.62. The summed E-state index contributed by atoms with van der Waals surface area (Å²) in [6.45, 7) is 8.13. The van der Waals surface area contributed by atoms with Gasteiger partial charge in [-0.25, -0.2) is 0 Å². The molecule has 0 atom stereocenters. The molecular formula is C26H33N3O3S. The number of unbranched alkanes of at least 4 members (excludes halogenated alkanes) is 1. The Balaban J connectivity index is 1.58. The molecule has 0 unspecified atom stereocenters. The molecule has 3 rings (SSSR count). The first-order valence-electron chi connectivity index (χ1n) is 11.5. The summed E-state index contributed by atoms with van der Waals surface area (Å²) in [6.07, 6.45) is 5.15. The second kappa shape index (κ2) is 12.5. The molecule has 2 N–H and O–H groups in total. The van der Waals surface area contributed by atoms with Crippen molar-refractivity contribution in [3.05, 3.63) is 58.5 Å². The molecule has 2 amide bonds. The first-order valence-corrected chi connectivity index (χ1v) is 12.3. The van der Waals surface area contributed by atoms with E-state index in [1.807, 2.05) is 36.4 Å². The van der Waals surface area contributed by atoms with Crippen LogP contribution in [0.2, 0.25) is 0 Å². The third-order valence-electron chi connectivity index (χ3n) is 5.54. The van der Waals surface area contributed by atoms with E-state index in [0.29, 0.717) is 22.7 Å². The standard InChI is InChI=1S/C26H33N3O3S/c1-4-6-14-29(5-2)15-8-13-27-25(30)20-11-12-23-22(18-20)28-26(31)24(33-23)17-19-9-7-10-21(16-19)32-3/h7,9-12,16-18H,4-6,8,13-15H2,1-3H3,(H,27,30)(H,28,31). The number of thioether (sulfide) groups is 1. The second-order valence-electron chi connectivity index (χ2n) is 7.95. The molecule has 33 heavy (non-hydrogen) atoms. The second-order valence-corrected chi connectivity index (χ2v) is 9.03. The molecule has 1 heterocycles. The number of nitrogens with zero attached hydrogens (tertiary/aromatic N) is 1. The maximum atomic E-state index is 12.6. The fourth-order valence-electron chi connectivity index (χ4n) is 3.60. The summed E-state index contributed by atoms with van der Waals surface area (Å²) in [5, 5.41) is 5.91. The average molecular weight is 468 g/mol. The maximum absolute atomic E-state index is 12.6. The number of anilines is 1. The normalized spacial score (nSPS) is 14.2.